The second-order valence-electron chi connectivity index (χ2n) is 9.58. The Balaban J connectivity index is 1.82. The number of nitrogens with one attached hydrogen (secondary N) is 2. The molecule has 0 bridgehead atoms. The number of ether oxygens (including phenoxy) is 4. The predicted molar refractivity (Wildman–Crippen MR) is 129 cm³/mol. The smallest absolute Gasteiger partial charge is 0.407 e. The number of benzene rings is 1. The first kappa shape index (κ1) is 26.2. The number of piperidine rings is 1. The van der Waals surface area contributed by atoms with Gasteiger partial charge >= 0.3 is 12.2 Å². The molecule has 10 heteroatoms. The summed E-state index contributed by atoms with van der Waals surface area (Å²) in [5.41, 5.74) is 1.71. The van der Waals surface area contributed by atoms with Crippen LogP contribution in [0.25, 0.3) is 0 Å². The minimum absolute atomic E-state index is 0.0498. The molecule has 0 radical (unpaired) electrons. The highest BCUT2D eigenvalue weighted by molar-refractivity contribution is 6.17. The molecule has 1 saturated heterocycles. The second kappa shape index (κ2) is 11.4. The molecule has 3 unspecified atom stereocenters. The maximum Gasteiger partial charge on any atom is 0.407 e. The summed E-state index contributed by atoms with van der Waals surface area (Å²) < 4.78 is 21.7. The fraction of sp³-hybridized carbons (Fsp3) is 0.667. The van der Waals surface area contributed by atoms with Gasteiger partial charge in [-0.1, -0.05) is 0 Å². The summed E-state index contributed by atoms with van der Waals surface area (Å²) in [7, 11) is 3.25. The Morgan fingerprint density at radius 3 is 2.41 bits per heavy atom. The Hall–Kier alpha value is -2.39. The van der Waals surface area contributed by atoms with Crippen LogP contribution in [-0.2, 0) is 15.9 Å². The Labute approximate surface area is 206 Å². The van der Waals surface area contributed by atoms with Crippen LogP contribution in [-0.4, -0.2) is 74.6 Å². The van der Waals surface area contributed by atoms with E-state index in [0.29, 0.717) is 36.8 Å². The van der Waals surface area contributed by atoms with E-state index >= 15 is 0 Å². The Bertz CT molecular complexity index is 875. The van der Waals surface area contributed by atoms with Gasteiger partial charge in [0, 0.05) is 25.0 Å². The van der Waals surface area contributed by atoms with Gasteiger partial charge in [0.15, 0.2) is 11.5 Å². The van der Waals surface area contributed by atoms with Gasteiger partial charge in [-0.15, -0.1) is 11.6 Å². The number of rotatable bonds is 7. The molecule has 34 heavy (non-hydrogen) atoms. The van der Waals surface area contributed by atoms with Crippen LogP contribution in [0.15, 0.2) is 12.1 Å². The first-order chi connectivity index (χ1) is 16.1. The zero-order chi connectivity index (χ0) is 24.9. The van der Waals surface area contributed by atoms with Crippen LogP contribution < -0.4 is 20.1 Å². The molecule has 3 rings (SSSR count). The number of alkyl carbamates (subject to hydrolysis) is 2. The van der Waals surface area contributed by atoms with Crippen LogP contribution in [0.5, 0.6) is 11.5 Å². The normalized spacial score (nSPS) is 22.1. The van der Waals surface area contributed by atoms with Crippen LogP contribution in [0.2, 0.25) is 0 Å². The van der Waals surface area contributed by atoms with Gasteiger partial charge in [-0.2, -0.15) is 0 Å². The maximum absolute atomic E-state index is 12.6. The molecule has 0 saturated carbocycles. The van der Waals surface area contributed by atoms with E-state index in [1.54, 1.807) is 14.2 Å². The molecule has 2 N–H and O–H groups in total. The zero-order valence-corrected chi connectivity index (χ0v) is 21.4. The number of nitrogens with zero attached hydrogens (tertiary/aromatic N) is 1. The lowest BCUT2D eigenvalue weighted by atomic mass is 9.83. The van der Waals surface area contributed by atoms with Crippen molar-refractivity contribution in [2.75, 3.05) is 39.8 Å². The fourth-order valence-corrected chi connectivity index (χ4v) is 4.65. The molecule has 0 aliphatic carbocycles. The van der Waals surface area contributed by atoms with E-state index in [-0.39, 0.29) is 24.7 Å². The largest absolute Gasteiger partial charge is 0.493 e. The van der Waals surface area contributed by atoms with Gasteiger partial charge < -0.3 is 29.6 Å². The summed E-state index contributed by atoms with van der Waals surface area (Å²) in [4.78, 5) is 27.3. The number of amides is 2. The van der Waals surface area contributed by atoms with E-state index in [2.05, 4.69) is 15.5 Å². The molecule has 2 aliphatic heterocycles. The molecule has 2 aliphatic rings. The number of carbonyl (C=O) groups excluding carboxylic acids is 2. The SMILES string of the molecule is COc1cc2c(cc1OC)C1CC(NC(=O)OC(C)(C)C)C(NC(=O)OCCCCl)CN1CC2. The number of halogens is 1. The van der Waals surface area contributed by atoms with Crippen LogP contribution in [0.1, 0.15) is 50.8 Å². The van der Waals surface area contributed by atoms with Gasteiger partial charge in [-0.25, -0.2) is 9.59 Å². The maximum atomic E-state index is 12.6. The number of methoxy groups -OCH3 is 2. The number of alkyl halides is 1. The average molecular weight is 498 g/mol. The Kier molecular flexibility index (Phi) is 8.76. The summed E-state index contributed by atoms with van der Waals surface area (Å²) in [5, 5.41) is 5.91. The van der Waals surface area contributed by atoms with Crippen molar-refractivity contribution in [2.45, 2.75) is 63.8 Å². The number of carbonyl (C=O) groups is 2. The average Bonchev–Trinajstić information content (AvgIpc) is 2.77. The Morgan fingerprint density at radius 1 is 1.09 bits per heavy atom. The summed E-state index contributed by atoms with van der Waals surface area (Å²) >= 11 is 5.67. The van der Waals surface area contributed by atoms with E-state index < -0.39 is 17.8 Å². The molecule has 9 nitrogen and oxygen atoms in total. The zero-order valence-electron chi connectivity index (χ0n) is 20.6. The van der Waals surface area contributed by atoms with Crippen molar-refractivity contribution in [1.82, 2.24) is 15.5 Å². The van der Waals surface area contributed by atoms with Gasteiger partial charge in [0.1, 0.15) is 5.60 Å². The molecule has 2 amide bonds. The van der Waals surface area contributed by atoms with Crippen LogP contribution in [0.4, 0.5) is 9.59 Å². The lowest BCUT2D eigenvalue weighted by molar-refractivity contribution is 0.0381. The molecule has 2 heterocycles. The molecular formula is C24H36ClN3O6. The standard InChI is InChI=1S/C24H36ClN3O6/c1-24(2,3)34-23(30)26-17-13-19-16-12-21(32-5)20(31-4)11-15(16)7-9-28(19)14-18(17)27-22(29)33-10-6-8-25/h11-12,17-19H,6-10,13-14H2,1-5H3,(H,26,30)(H,27,29). The van der Waals surface area contributed by atoms with Crippen molar-refractivity contribution in [3.8, 4) is 11.5 Å². The topological polar surface area (TPSA) is 98.4 Å². The van der Waals surface area contributed by atoms with Gasteiger partial charge in [-0.3, -0.25) is 4.90 Å². The van der Waals surface area contributed by atoms with Crippen molar-refractivity contribution >= 4 is 23.8 Å². The van der Waals surface area contributed by atoms with Crippen LogP contribution in [0.3, 0.4) is 0 Å². The third kappa shape index (κ3) is 6.60. The second-order valence-corrected chi connectivity index (χ2v) is 9.96. The molecule has 3 atom stereocenters. The highest BCUT2D eigenvalue weighted by atomic mass is 35.5. The summed E-state index contributed by atoms with van der Waals surface area (Å²) in [6.45, 7) is 7.07. The molecule has 1 aromatic rings. The first-order valence-corrected chi connectivity index (χ1v) is 12.2. The quantitative estimate of drug-likeness (QED) is 0.438. The Morgan fingerprint density at radius 2 is 1.76 bits per heavy atom. The van der Waals surface area contributed by atoms with E-state index in [0.717, 1.165) is 18.5 Å². The molecule has 0 spiro atoms. The van der Waals surface area contributed by atoms with Gasteiger partial charge in [-0.05, 0) is 63.3 Å². The molecule has 1 fully saturated rings. The fourth-order valence-electron chi connectivity index (χ4n) is 4.54. The summed E-state index contributed by atoms with van der Waals surface area (Å²) in [6, 6.07) is 3.41. The van der Waals surface area contributed by atoms with Crippen LogP contribution in [0, 0.1) is 0 Å². The van der Waals surface area contributed by atoms with Crippen molar-refractivity contribution in [3.05, 3.63) is 23.3 Å². The summed E-state index contributed by atoms with van der Waals surface area (Å²) in [5.74, 6) is 1.79. The van der Waals surface area contributed by atoms with Crippen molar-refractivity contribution in [2.24, 2.45) is 0 Å². The van der Waals surface area contributed by atoms with Crippen molar-refractivity contribution in [3.63, 3.8) is 0 Å². The summed E-state index contributed by atoms with van der Waals surface area (Å²) in [6.07, 6.45) is 0.984. The lowest BCUT2D eigenvalue weighted by Gasteiger charge is -2.47. The minimum Gasteiger partial charge on any atom is -0.493 e. The third-order valence-electron chi connectivity index (χ3n) is 6.02. The third-order valence-corrected chi connectivity index (χ3v) is 6.29. The lowest BCUT2D eigenvalue weighted by Crippen LogP contribution is -2.62. The predicted octanol–water partition coefficient (Wildman–Crippen LogP) is 3.62. The highest BCUT2D eigenvalue weighted by Gasteiger charge is 2.41. The first-order valence-electron chi connectivity index (χ1n) is 11.6. The van der Waals surface area contributed by atoms with Gasteiger partial charge in [0.2, 0.25) is 0 Å². The van der Waals surface area contributed by atoms with E-state index in [9.17, 15) is 9.59 Å². The molecule has 0 aromatic heterocycles. The highest BCUT2D eigenvalue weighted by Crippen LogP contribution is 2.41. The number of fused-ring (bicyclic) bond motifs is 3. The van der Waals surface area contributed by atoms with Crippen molar-refractivity contribution < 1.29 is 28.5 Å². The van der Waals surface area contributed by atoms with Gasteiger partial charge in [0.05, 0.1) is 32.9 Å². The monoisotopic (exact) mass is 497 g/mol. The minimum atomic E-state index is -0.629. The molecule has 190 valence electrons. The van der Waals surface area contributed by atoms with E-state index in [1.165, 1.54) is 5.56 Å². The van der Waals surface area contributed by atoms with Crippen LogP contribution >= 0.6 is 11.6 Å². The number of hydrogen-bond acceptors (Lipinski definition) is 7. The van der Waals surface area contributed by atoms with Crippen molar-refractivity contribution in [1.29, 1.82) is 0 Å². The van der Waals surface area contributed by atoms with E-state index in [4.69, 9.17) is 30.5 Å². The number of hydrogen-bond donors (Lipinski definition) is 2. The molecular weight excluding hydrogens is 462 g/mol. The van der Waals surface area contributed by atoms with E-state index in [1.807, 2.05) is 32.9 Å². The molecule has 1 aromatic carbocycles. The van der Waals surface area contributed by atoms with Gasteiger partial charge in [0.25, 0.3) is 0 Å².